The van der Waals surface area contributed by atoms with E-state index in [1.54, 1.807) is 18.4 Å². The topological polar surface area (TPSA) is 32.8 Å². The number of likely N-dealkylation sites (tertiary alicyclic amines) is 1. The number of hydrogen-bond acceptors (Lipinski definition) is 4. The van der Waals surface area contributed by atoms with Crippen LogP contribution in [0, 0.1) is 5.92 Å². The van der Waals surface area contributed by atoms with E-state index in [0.717, 1.165) is 33.6 Å². The Hall–Kier alpha value is -1.43. The largest absolute Gasteiger partial charge is 0.380 e. The maximum atomic E-state index is 13.1. The molecule has 1 aromatic heterocycles. The van der Waals surface area contributed by atoms with Crippen molar-refractivity contribution in [1.82, 2.24) is 9.80 Å². The summed E-state index contributed by atoms with van der Waals surface area (Å²) in [6.45, 7) is 4.32. The van der Waals surface area contributed by atoms with Gasteiger partial charge in [-0.25, -0.2) is 0 Å². The van der Waals surface area contributed by atoms with E-state index in [1.165, 1.54) is 0 Å². The van der Waals surface area contributed by atoms with E-state index in [-0.39, 0.29) is 5.91 Å². The number of rotatable bonds is 4. The fourth-order valence-corrected chi connectivity index (χ4v) is 4.67. The van der Waals surface area contributed by atoms with Gasteiger partial charge in [0.25, 0.3) is 5.91 Å². The first-order chi connectivity index (χ1) is 11.0. The van der Waals surface area contributed by atoms with Crippen molar-refractivity contribution in [3.8, 4) is 0 Å². The lowest BCUT2D eigenvalue weighted by molar-refractivity contribution is 0.0782. The van der Waals surface area contributed by atoms with Crippen molar-refractivity contribution >= 4 is 27.3 Å². The van der Waals surface area contributed by atoms with Crippen molar-refractivity contribution in [2.75, 3.05) is 34.3 Å². The second-order valence-electron chi connectivity index (χ2n) is 6.56. The molecular weight excluding hydrogens is 308 g/mol. The Bertz CT molecular complexity index is 710. The number of benzene rings is 1. The summed E-state index contributed by atoms with van der Waals surface area (Å²) in [5.41, 5.74) is 1.03. The van der Waals surface area contributed by atoms with Gasteiger partial charge >= 0.3 is 0 Å². The molecule has 4 nitrogen and oxygen atoms in total. The molecule has 124 valence electrons. The Morgan fingerprint density at radius 2 is 2.09 bits per heavy atom. The number of hydrogen-bond donors (Lipinski definition) is 0. The van der Waals surface area contributed by atoms with Gasteiger partial charge in [0.2, 0.25) is 0 Å². The predicted octanol–water partition coefficient (Wildman–Crippen LogP) is 3.07. The second kappa shape index (κ2) is 6.59. The van der Waals surface area contributed by atoms with Gasteiger partial charge in [0.05, 0.1) is 11.5 Å². The SMILES string of the molecule is COCc1c(C(=O)N2C[C@@H](C)[C@H](N(C)C)C2)sc2ccccc12. The van der Waals surface area contributed by atoms with E-state index in [9.17, 15) is 4.79 Å². The highest BCUT2D eigenvalue weighted by atomic mass is 32.1. The maximum Gasteiger partial charge on any atom is 0.264 e. The molecule has 0 bridgehead atoms. The fourth-order valence-electron chi connectivity index (χ4n) is 3.49. The lowest BCUT2D eigenvalue weighted by atomic mass is 10.1. The Morgan fingerprint density at radius 3 is 2.74 bits per heavy atom. The van der Waals surface area contributed by atoms with Gasteiger partial charge in [0.15, 0.2) is 0 Å². The van der Waals surface area contributed by atoms with Crippen molar-refractivity contribution < 1.29 is 9.53 Å². The van der Waals surface area contributed by atoms with Crippen LogP contribution < -0.4 is 0 Å². The van der Waals surface area contributed by atoms with Crippen molar-refractivity contribution in [1.29, 1.82) is 0 Å². The average molecular weight is 332 g/mol. The average Bonchev–Trinajstić information content (AvgIpc) is 3.09. The van der Waals surface area contributed by atoms with Gasteiger partial charge < -0.3 is 14.5 Å². The Balaban J connectivity index is 1.94. The van der Waals surface area contributed by atoms with Crippen LogP contribution in [0.25, 0.3) is 10.1 Å². The molecule has 2 aromatic rings. The van der Waals surface area contributed by atoms with Crippen LogP contribution in [0.1, 0.15) is 22.2 Å². The number of ether oxygens (including phenoxy) is 1. The molecule has 5 heteroatoms. The number of nitrogens with zero attached hydrogens (tertiary/aromatic N) is 2. The summed E-state index contributed by atoms with van der Waals surface area (Å²) >= 11 is 1.58. The minimum atomic E-state index is 0.148. The highest BCUT2D eigenvalue weighted by molar-refractivity contribution is 7.21. The molecule has 23 heavy (non-hydrogen) atoms. The number of carbonyl (C=O) groups excluding carboxylic acids is 1. The summed E-state index contributed by atoms with van der Waals surface area (Å²) < 4.78 is 6.51. The molecular formula is C18H24N2O2S. The van der Waals surface area contributed by atoms with Gasteiger partial charge in [0, 0.05) is 36.5 Å². The molecule has 3 rings (SSSR count). The van der Waals surface area contributed by atoms with Gasteiger partial charge in [-0.05, 0) is 31.5 Å². The first kappa shape index (κ1) is 16.4. The van der Waals surface area contributed by atoms with Crippen LogP contribution in [-0.4, -0.2) is 56.0 Å². The highest BCUT2D eigenvalue weighted by Gasteiger charge is 2.35. The monoisotopic (exact) mass is 332 g/mol. The summed E-state index contributed by atoms with van der Waals surface area (Å²) in [5, 5.41) is 1.14. The highest BCUT2D eigenvalue weighted by Crippen LogP contribution is 2.34. The zero-order chi connectivity index (χ0) is 16.6. The van der Waals surface area contributed by atoms with E-state index < -0.39 is 0 Å². The van der Waals surface area contributed by atoms with Crippen LogP contribution in [-0.2, 0) is 11.3 Å². The number of likely N-dealkylation sites (N-methyl/N-ethyl adjacent to an activating group) is 1. The minimum absolute atomic E-state index is 0.148. The lowest BCUT2D eigenvalue weighted by Gasteiger charge is -2.22. The summed E-state index contributed by atoms with van der Waals surface area (Å²) in [6.07, 6.45) is 0. The molecule has 0 radical (unpaired) electrons. The van der Waals surface area contributed by atoms with Crippen LogP contribution in [0.4, 0.5) is 0 Å². The number of carbonyl (C=O) groups is 1. The van der Waals surface area contributed by atoms with Crippen LogP contribution in [0.5, 0.6) is 0 Å². The molecule has 0 spiro atoms. The molecule has 2 heterocycles. The van der Waals surface area contributed by atoms with Crippen LogP contribution in [0.3, 0.4) is 0 Å². The van der Waals surface area contributed by atoms with E-state index in [2.05, 4.69) is 38.1 Å². The molecule has 0 unspecified atom stereocenters. The smallest absolute Gasteiger partial charge is 0.264 e. The Labute approximate surface area is 141 Å². The van der Waals surface area contributed by atoms with Crippen LogP contribution >= 0.6 is 11.3 Å². The summed E-state index contributed by atoms with van der Waals surface area (Å²) in [7, 11) is 5.86. The van der Waals surface area contributed by atoms with Crippen molar-refractivity contribution in [2.45, 2.75) is 19.6 Å². The molecule has 1 aliphatic rings. The van der Waals surface area contributed by atoms with E-state index in [4.69, 9.17) is 4.74 Å². The number of methoxy groups -OCH3 is 1. The molecule has 0 aliphatic carbocycles. The number of thiophene rings is 1. The third-order valence-corrected chi connectivity index (χ3v) is 5.91. The summed E-state index contributed by atoms with van der Waals surface area (Å²) in [6, 6.07) is 8.61. The molecule has 1 aromatic carbocycles. The first-order valence-corrected chi connectivity index (χ1v) is 8.79. The normalized spacial score (nSPS) is 21.5. The van der Waals surface area contributed by atoms with Gasteiger partial charge in [-0.15, -0.1) is 11.3 Å². The number of fused-ring (bicyclic) bond motifs is 1. The summed E-state index contributed by atoms with van der Waals surface area (Å²) in [4.78, 5) is 18.1. The molecule has 0 N–H and O–H groups in total. The molecule has 1 aliphatic heterocycles. The van der Waals surface area contributed by atoms with E-state index >= 15 is 0 Å². The van der Waals surface area contributed by atoms with Gasteiger partial charge in [0.1, 0.15) is 0 Å². The third-order valence-electron chi connectivity index (χ3n) is 4.70. The summed E-state index contributed by atoms with van der Waals surface area (Å²) in [5.74, 6) is 0.642. The van der Waals surface area contributed by atoms with E-state index in [0.29, 0.717) is 18.6 Å². The Morgan fingerprint density at radius 1 is 1.35 bits per heavy atom. The van der Waals surface area contributed by atoms with Crippen molar-refractivity contribution in [3.63, 3.8) is 0 Å². The van der Waals surface area contributed by atoms with Crippen molar-refractivity contribution in [3.05, 3.63) is 34.7 Å². The zero-order valence-electron chi connectivity index (χ0n) is 14.2. The maximum absolute atomic E-state index is 13.1. The Kier molecular flexibility index (Phi) is 4.71. The van der Waals surface area contributed by atoms with Gasteiger partial charge in [-0.2, -0.15) is 0 Å². The van der Waals surface area contributed by atoms with Gasteiger partial charge in [-0.1, -0.05) is 25.1 Å². The van der Waals surface area contributed by atoms with Crippen LogP contribution in [0.15, 0.2) is 24.3 Å². The second-order valence-corrected chi connectivity index (χ2v) is 7.61. The predicted molar refractivity (Wildman–Crippen MR) is 95.1 cm³/mol. The molecule has 0 saturated carbocycles. The van der Waals surface area contributed by atoms with Crippen molar-refractivity contribution in [2.24, 2.45) is 5.92 Å². The molecule has 1 amide bonds. The molecule has 2 atom stereocenters. The van der Waals surface area contributed by atoms with Crippen LogP contribution in [0.2, 0.25) is 0 Å². The molecule has 1 fully saturated rings. The fraction of sp³-hybridized carbons (Fsp3) is 0.500. The van der Waals surface area contributed by atoms with Gasteiger partial charge in [-0.3, -0.25) is 4.79 Å². The number of amides is 1. The first-order valence-electron chi connectivity index (χ1n) is 7.98. The molecule has 1 saturated heterocycles. The minimum Gasteiger partial charge on any atom is -0.380 e. The zero-order valence-corrected chi connectivity index (χ0v) is 15.0. The van der Waals surface area contributed by atoms with E-state index in [1.807, 2.05) is 17.0 Å². The quantitative estimate of drug-likeness (QED) is 0.863. The lowest BCUT2D eigenvalue weighted by Crippen LogP contribution is -2.35. The third kappa shape index (κ3) is 3.01. The standard InChI is InChI=1S/C18H24N2O2S/c1-12-9-20(10-15(12)19(2)3)18(21)17-14(11-22-4)13-7-5-6-8-16(13)23-17/h5-8,12,15H,9-11H2,1-4H3/t12-,15-/m1/s1.